The van der Waals surface area contributed by atoms with E-state index in [9.17, 15) is 4.79 Å². The zero-order valence-electron chi connectivity index (χ0n) is 12.9. The Labute approximate surface area is 148 Å². The minimum atomic E-state index is -0.492. The van der Waals surface area contributed by atoms with Gasteiger partial charge in [-0.2, -0.15) is 0 Å². The summed E-state index contributed by atoms with van der Waals surface area (Å²) in [5.41, 5.74) is 0.558. The van der Waals surface area contributed by atoms with E-state index in [1.807, 2.05) is 33.8 Å². The van der Waals surface area contributed by atoms with Gasteiger partial charge in [0.25, 0.3) is 0 Å². The number of hydrogen-bond acceptors (Lipinski definition) is 3. The molecule has 0 saturated carbocycles. The topological polar surface area (TPSA) is 47.6 Å². The van der Waals surface area contributed by atoms with Gasteiger partial charge in [-0.1, -0.05) is 0 Å². The Bertz CT molecular complexity index is 514. The summed E-state index contributed by atoms with van der Waals surface area (Å²) in [6.07, 6.45) is 0.270. The normalized spacial score (nSPS) is 12.7. The molecule has 0 aliphatic rings. The number of carbonyl (C=O) groups excluding carboxylic acids is 1. The van der Waals surface area contributed by atoms with E-state index >= 15 is 0 Å². The highest BCUT2D eigenvalue weighted by Gasteiger charge is 2.18. The molecule has 0 spiro atoms. The predicted octanol–water partition coefficient (Wildman–Crippen LogP) is 4.52. The third-order valence-electron chi connectivity index (χ3n) is 2.61. The minimum absolute atomic E-state index is 0.0503. The molecular weight excluding hydrogens is 449 g/mol. The number of rotatable bonds is 4. The molecule has 1 atom stereocenters. The molecule has 1 amide bonds. The molecule has 0 aromatic heterocycles. The molecule has 6 heteroatoms. The van der Waals surface area contributed by atoms with Crippen LogP contribution in [0.1, 0.15) is 33.3 Å². The Hall–Kier alpha value is -0.500. The van der Waals surface area contributed by atoms with Crippen LogP contribution < -0.4 is 10.1 Å². The molecule has 0 saturated heterocycles. The molecule has 0 bridgehead atoms. The summed E-state index contributed by atoms with van der Waals surface area (Å²) in [5, 5.41) is 2.84. The highest BCUT2D eigenvalue weighted by Crippen LogP contribution is 2.29. The number of amides is 1. The summed E-state index contributed by atoms with van der Waals surface area (Å²) in [6, 6.07) is 3.94. The maximum atomic E-state index is 11.8. The lowest BCUT2D eigenvalue weighted by Gasteiger charge is -2.22. The number of nitrogens with one attached hydrogen (secondary N) is 1. The van der Waals surface area contributed by atoms with E-state index < -0.39 is 11.7 Å². The van der Waals surface area contributed by atoms with E-state index in [2.05, 4.69) is 49.9 Å². The van der Waals surface area contributed by atoms with Gasteiger partial charge in [0.1, 0.15) is 11.4 Å². The second kappa shape index (κ2) is 7.67. The van der Waals surface area contributed by atoms with Gasteiger partial charge in [-0.3, -0.25) is 0 Å². The summed E-state index contributed by atoms with van der Waals surface area (Å²) < 4.78 is 12.7. The molecule has 0 radical (unpaired) electrons. The molecule has 118 valence electrons. The van der Waals surface area contributed by atoms with Gasteiger partial charge >= 0.3 is 6.09 Å². The maximum Gasteiger partial charge on any atom is 0.407 e. The standard InChI is InChI=1S/C15H21BrINO3/c1-9(18-14(19)21-15(2,3)4)6-10-7-12(17)11(16)8-13(10)20-5/h7-9H,6H2,1-5H3,(H,18,19). The number of alkyl carbamates (subject to hydrolysis) is 1. The average molecular weight is 470 g/mol. The molecule has 1 aromatic rings. The van der Waals surface area contributed by atoms with Gasteiger partial charge < -0.3 is 14.8 Å². The Morgan fingerprint density at radius 2 is 2.05 bits per heavy atom. The van der Waals surface area contributed by atoms with Gasteiger partial charge in [-0.15, -0.1) is 0 Å². The van der Waals surface area contributed by atoms with Gasteiger partial charge in [0.2, 0.25) is 0 Å². The van der Waals surface area contributed by atoms with Crippen LogP contribution in [0.2, 0.25) is 0 Å². The van der Waals surface area contributed by atoms with Crippen molar-refractivity contribution in [2.75, 3.05) is 7.11 Å². The van der Waals surface area contributed by atoms with Crippen LogP contribution in [0, 0.1) is 3.57 Å². The van der Waals surface area contributed by atoms with Gasteiger partial charge in [-0.05, 0) is 90.3 Å². The first kappa shape index (κ1) is 18.5. The van der Waals surface area contributed by atoms with E-state index in [0.29, 0.717) is 6.42 Å². The van der Waals surface area contributed by atoms with Gasteiger partial charge in [0.15, 0.2) is 0 Å². The van der Waals surface area contributed by atoms with E-state index in [1.54, 1.807) is 7.11 Å². The molecule has 4 nitrogen and oxygen atoms in total. The zero-order chi connectivity index (χ0) is 16.2. The maximum absolute atomic E-state index is 11.8. The summed E-state index contributed by atoms with van der Waals surface area (Å²) in [6.45, 7) is 7.48. The highest BCUT2D eigenvalue weighted by molar-refractivity contribution is 14.1. The summed E-state index contributed by atoms with van der Waals surface area (Å²) in [4.78, 5) is 11.8. The number of methoxy groups -OCH3 is 1. The lowest BCUT2D eigenvalue weighted by atomic mass is 10.1. The summed E-state index contributed by atoms with van der Waals surface area (Å²) in [5.74, 6) is 0.806. The van der Waals surface area contributed by atoms with E-state index in [4.69, 9.17) is 9.47 Å². The fraction of sp³-hybridized carbons (Fsp3) is 0.533. The Morgan fingerprint density at radius 3 is 2.57 bits per heavy atom. The van der Waals surface area contributed by atoms with Crippen LogP contribution in [-0.4, -0.2) is 24.8 Å². The Morgan fingerprint density at radius 1 is 1.43 bits per heavy atom. The van der Waals surface area contributed by atoms with Crippen molar-refractivity contribution in [3.63, 3.8) is 0 Å². The van der Waals surface area contributed by atoms with Crippen LogP contribution in [-0.2, 0) is 11.2 Å². The van der Waals surface area contributed by atoms with Gasteiger partial charge in [0, 0.05) is 14.1 Å². The quantitative estimate of drug-likeness (QED) is 0.659. The second-order valence-electron chi connectivity index (χ2n) is 5.83. The lowest BCUT2D eigenvalue weighted by molar-refractivity contribution is 0.0508. The van der Waals surface area contributed by atoms with Crippen LogP contribution in [0.5, 0.6) is 5.75 Å². The molecule has 1 N–H and O–H groups in total. The first-order valence-corrected chi connectivity index (χ1v) is 8.51. The van der Waals surface area contributed by atoms with Crippen molar-refractivity contribution < 1.29 is 14.3 Å². The van der Waals surface area contributed by atoms with Crippen LogP contribution in [0.4, 0.5) is 4.79 Å². The first-order valence-electron chi connectivity index (χ1n) is 6.64. The molecule has 0 fully saturated rings. The van der Waals surface area contributed by atoms with Crippen molar-refractivity contribution in [3.8, 4) is 5.75 Å². The fourth-order valence-corrected chi connectivity index (χ4v) is 2.66. The Kier molecular flexibility index (Phi) is 6.77. The number of carbonyl (C=O) groups is 1. The first-order chi connectivity index (χ1) is 9.62. The summed E-state index contributed by atoms with van der Waals surface area (Å²) >= 11 is 5.74. The van der Waals surface area contributed by atoms with Gasteiger partial charge in [-0.25, -0.2) is 4.79 Å². The van der Waals surface area contributed by atoms with Crippen LogP contribution in [0.25, 0.3) is 0 Å². The Balaban J connectivity index is 2.73. The molecule has 1 aromatic carbocycles. The third kappa shape index (κ3) is 6.42. The number of hydrogen-bond donors (Lipinski definition) is 1. The predicted molar refractivity (Wildman–Crippen MR) is 95.9 cm³/mol. The number of halogens is 2. The van der Waals surface area contributed by atoms with Crippen molar-refractivity contribution in [2.24, 2.45) is 0 Å². The highest BCUT2D eigenvalue weighted by atomic mass is 127. The molecule has 0 aliphatic heterocycles. The van der Waals surface area contributed by atoms with E-state index in [1.165, 1.54) is 0 Å². The number of ether oxygens (including phenoxy) is 2. The van der Waals surface area contributed by atoms with Crippen molar-refractivity contribution in [1.29, 1.82) is 0 Å². The SMILES string of the molecule is COc1cc(Br)c(I)cc1CC(C)NC(=O)OC(C)(C)C. The average Bonchev–Trinajstić information content (AvgIpc) is 2.30. The lowest BCUT2D eigenvalue weighted by Crippen LogP contribution is -2.38. The second-order valence-corrected chi connectivity index (χ2v) is 7.85. The van der Waals surface area contributed by atoms with Crippen LogP contribution in [0.3, 0.4) is 0 Å². The number of benzene rings is 1. The molecule has 1 unspecified atom stereocenters. The fourth-order valence-electron chi connectivity index (χ4n) is 1.81. The smallest absolute Gasteiger partial charge is 0.407 e. The molecule has 21 heavy (non-hydrogen) atoms. The van der Waals surface area contributed by atoms with Crippen LogP contribution >= 0.6 is 38.5 Å². The monoisotopic (exact) mass is 469 g/mol. The largest absolute Gasteiger partial charge is 0.496 e. The minimum Gasteiger partial charge on any atom is -0.496 e. The van der Waals surface area contributed by atoms with Crippen molar-refractivity contribution in [3.05, 3.63) is 25.7 Å². The third-order valence-corrected chi connectivity index (χ3v) is 4.90. The van der Waals surface area contributed by atoms with Crippen LogP contribution in [0.15, 0.2) is 16.6 Å². The zero-order valence-corrected chi connectivity index (χ0v) is 16.7. The van der Waals surface area contributed by atoms with Crippen molar-refractivity contribution in [2.45, 2.75) is 45.8 Å². The van der Waals surface area contributed by atoms with E-state index in [0.717, 1.165) is 19.4 Å². The molecular formula is C15H21BrINO3. The molecule has 0 heterocycles. The van der Waals surface area contributed by atoms with Gasteiger partial charge in [0.05, 0.1) is 7.11 Å². The van der Waals surface area contributed by atoms with E-state index in [-0.39, 0.29) is 6.04 Å². The summed E-state index contributed by atoms with van der Waals surface area (Å²) in [7, 11) is 1.64. The molecule has 0 aliphatic carbocycles. The van der Waals surface area contributed by atoms with Crippen molar-refractivity contribution in [1.82, 2.24) is 5.32 Å². The van der Waals surface area contributed by atoms with Crippen molar-refractivity contribution >= 4 is 44.6 Å². The molecule has 1 rings (SSSR count).